The average molecular weight is 410 g/mol. The van der Waals surface area contributed by atoms with Gasteiger partial charge >= 0.3 is 5.89 Å². The number of rotatable bonds is 5. The Morgan fingerprint density at radius 3 is 2.69 bits per heavy atom. The van der Waals surface area contributed by atoms with Gasteiger partial charge in [0.2, 0.25) is 11.5 Å². The zero-order chi connectivity index (χ0) is 20.5. The van der Waals surface area contributed by atoms with Crippen LogP contribution in [0.3, 0.4) is 0 Å². The van der Waals surface area contributed by atoms with E-state index >= 15 is 0 Å². The van der Waals surface area contributed by atoms with Crippen molar-refractivity contribution in [2.75, 3.05) is 11.4 Å². The first-order chi connectivity index (χ1) is 14.0. The van der Waals surface area contributed by atoms with Crippen molar-refractivity contribution in [2.45, 2.75) is 40.7 Å². The van der Waals surface area contributed by atoms with E-state index in [0.29, 0.717) is 5.02 Å². The van der Waals surface area contributed by atoms with E-state index in [2.05, 4.69) is 61.4 Å². The molecule has 4 nitrogen and oxygen atoms in total. The molecule has 0 unspecified atom stereocenters. The van der Waals surface area contributed by atoms with Crippen molar-refractivity contribution < 1.29 is 13.7 Å². The number of hydrogen-bond donors (Lipinski definition) is 0. The number of benzene rings is 2. The largest absolute Gasteiger partial charge is 0.439 e. The number of aryl methyl sites for hydroxylation is 2. The lowest BCUT2D eigenvalue weighted by Crippen LogP contribution is -2.33. The van der Waals surface area contributed by atoms with Crippen LogP contribution in [0.5, 0.6) is 5.75 Å². The molecule has 150 valence electrons. The van der Waals surface area contributed by atoms with Gasteiger partial charge in [0.15, 0.2) is 5.75 Å². The van der Waals surface area contributed by atoms with E-state index in [1.807, 2.05) is 24.3 Å². The van der Waals surface area contributed by atoms with Gasteiger partial charge < -0.3 is 14.1 Å². The topological polar surface area (TPSA) is 29.5 Å². The van der Waals surface area contributed by atoms with Gasteiger partial charge in [0.25, 0.3) is 5.52 Å². The second-order valence-corrected chi connectivity index (χ2v) is 7.61. The van der Waals surface area contributed by atoms with Gasteiger partial charge in [0.05, 0.1) is 11.8 Å². The molecule has 0 saturated carbocycles. The molecular formula is C24H26ClN2O2+. The third-order valence-electron chi connectivity index (χ3n) is 5.24. The van der Waals surface area contributed by atoms with Gasteiger partial charge in [-0.3, -0.25) is 0 Å². The maximum atomic E-state index is 6.19. The van der Waals surface area contributed by atoms with Crippen molar-refractivity contribution in [3.63, 3.8) is 0 Å². The number of halogens is 1. The highest BCUT2D eigenvalue weighted by atomic mass is 35.5. The third kappa shape index (κ3) is 3.65. The van der Waals surface area contributed by atoms with Gasteiger partial charge in [-0.2, -0.15) is 4.57 Å². The average Bonchev–Trinajstić information content (AvgIpc) is 3.23. The standard InChI is InChI=1S/C24H26ClN2O2/c1-5-17(13-23-26(6-2)19-12-16(4)8-10-21(19)28-23)14-24-27(7-3)20-15-18(25)9-11-22(20)29-24/h8-15H,5-7H2,1-4H3/q+1. The molecule has 5 heteroatoms. The van der Waals surface area contributed by atoms with Crippen LogP contribution >= 0.6 is 11.6 Å². The van der Waals surface area contributed by atoms with Crippen LogP contribution in [0, 0.1) is 6.92 Å². The highest BCUT2D eigenvalue weighted by Crippen LogP contribution is 2.39. The molecule has 0 aliphatic carbocycles. The first-order valence-electron chi connectivity index (χ1n) is 10.1. The Labute approximate surface area is 176 Å². The van der Waals surface area contributed by atoms with E-state index in [-0.39, 0.29) is 0 Å². The fourth-order valence-corrected chi connectivity index (χ4v) is 3.88. The summed E-state index contributed by atoms with van der Waals surface area (Å²) in [6, 6.07) is 12.0. The Bertz CT molecular complexity index is 1130. The van der Waals surface area contributed by atoms with Crippen molar-refractivity contribution in [1.82, 2.24) is 0 Å². The molecule has 2 heterocycles. The molecule has 0 N–H and O–H groups in total. The number of anilines is 1. The summed E-state index contributed by atoms with van der Waals surface area (Å²) in [7, 11) is 0. The Morgan fingerprint density at radius 2 is 1.97 bits per heavy atom. The van der Waals surface area contributed by atoms with Gasteiger partial charge in [-0.1, -0.05) is 24.6 Å². The van der Waals surface area contributed by atoms with Gasteiger partial charge in [-0.25, -0.2) is 0 Å². The lowest BCUT2D eigenvalue weighted by molar-refractivity contribution is -0.674. The molecule has 0 saturated heterocycles. The smallest absolute Gasteiger partial charge is 0.374 e. The van der Waals surface area contributed by atoms with Gasteiger partial charge in [0.1, 0.15) is 6.54 Å². The maximum Gasteiger partial charge on any atom is 0.374 e. The summed E-state index contributed by atoms with van der Waals surface area (Å²) in [5.41, 5.74) is 5.32. The molecule has 0 radical (unpaired) electrons. The minimum absolute atomic E-state index is 0.708. The SMILES string of the molecule is CCC(=Cc1oc2ccc(Cl)cc2[n+]1CC)C=C1Oc2ccc(C)cc2N1CC. The van der Waals surface area contributed by atoms with E-state index in [4.69, 9.17) is 20.8 Å². The van der Waals surface area contributed by atoms with E-state index in [0.717, 1.165) is 59.4 Å². The number of ether oxygens (including phenoxy) is 1. The predicted molar refractivity (Wildman–Crippen MR) is 118 cm³/mol. The molecule has 1 aromatic heterocycles. The Balaban J connectivity index is 1.75. The van der Waals surface area contributed by atoms with Crippen molar-refractivity contribution >= 4 is 34.5 Å². The summed E-state index contributed by atoms with van der Waals surface area (Å²) in [6.07, 6.45) is 5.07. The molecule has 3 aromatic rings. The zero-order valence-electron chi connectivity index (χ0n) is 17.3. The highest BCUT2D eigenvalue weighted by Gasteiger charge is 2.26. The quantitative estimate of drug-likeness (QED) is 0.466. The van der Waals surface area contributed by atoms with Crippen LogP contribution < -0.4 is 14.2 Å². The van der Waals surface area contributed by atoms with Gasteiger partial charge in [-0.05, 0) is 62.6 Å². The van der Waals surface area contributed by atoms with Crippen LogP contribution in [0.4, 0.5) is 5.69 Å². The highest BCUT2D eigenvalue weighted by molar-refractivity contribution is 6.31. The van der Waals surface area contributed by atoms with E-state index in [1.54, 1.807) is 0 Å². The Morgan fingerprint density at radius 1 is 1.14 bits per heavy atom. The van der Waals surface area contributed by atoms with E-state index in [1.165, 1.54) is 5.56 Å². The van der Waals surface area contributed by atoms with Gasteiger partial charge in [-0.15, -0.1) is 0 Å². The predicted octanol–water partition coefficient (Wildman–Crippen LogP) is 6.26. The molecular weight excluding hydrogens is 384 g/mol. The second-order valence-electron chi connectivity index (χ2n) is 7.17. The Kier molecular flexibility index (Phi) is 5.37. The number of oxazole rings is 1. The number of nitrogens with zero attached hydrogens (tertiary/aromatic N) is 2. The molecule has 1 aliphatic rings. The molecule has 2 aromatic carbocycles. The Hall–Kier alpha value is -2.72. The van der Waals surface area contributed by atoms with E-state index in [9.17, 15) is 0 Å². The first kappa shape index (κ1) is 19.6. The van der Waals surface area contributed by atoms with Crippen molar-refractivity contribution in [1.29, 1.82) is 0 Å². The summed E-state index contributed by atoms with van der Waals surface area (Å²) in [5.74, 6) is 2.57. The minimum Gasteiger partial charge on any atom is -0.439 e. The summed E-state index contributed by atoms with van der Waals surface area (Å²) in [6.45, 7) is 10.1. The van der Waals surface area contributed by atoms with E-state index < -0.39 is 0 Å². The van der Waals surface area contributed by atoms with Gasteiger partial charge in [0, 0.05) is 23.7 Å². The van der Waals surface area contributed by atoms with Crippen LogP contribution in [0.25, 0.3) is 17.2 Å². The first-order valence-corrected chi connectivity index (χ1v) is 10.5. The number of fused-ring (bicyclic) bond motifs is 2. The zero-order valence-corrected chi connectivity index (χ0v) is 18.1. The minimum atomic E-state index is 0.708. The fourth-order valence-electron chi connectivity index (χ4n) is 3.72. The molecule has 4 rings (SSSR count). The van der Waals surface area contributed by atoms with Crippen LogP contribution in [0.2, 0.25) is 5.02 Å². The second kappa shape index (κ2) is 7.96. The molecule has 0 spiro atoms. The lowest BCUT2D eigenvalue weighted by atomic mass is 10.1. The number of hydrogen-bond acceptors (Lipinski definition) is 3. The molecule has 0 bridgehead atoms. The summed E-state index contributed by atoms with van der Waals surface area (Å²) >= 11 is 6.19. The summed E-state index contributed by atoms with van der Waals surface area (Å²) in [4.78, 5) is 2.21. The molecule has 1 aliphatic heterocycles. The van der Waals surface area contributed by atoms with Crippen LogP contribution in [-0.4, -0.2) is 6.54 Å². The molecule has 0 atom stereocenters. The third-order valence-corrected chi connectivity index (χ3v) is 5.47. The normalized spacial score (nSPS) is 15.3. The summed E-state index contributed by atoms with van der Waals surface area (Å²) in [5, 5.41) is 0.708. The maximum absolute atomic E-state index is 6.19. The molecule has 29 heavy (non-hydrogen) atoms. The molecule has 0 fully saturated rings. The summed E-state index contributed by atoms with van der Waals surface area (Å²) < 4.78 is 14.4. The van der Waals surface area contributed by atoms with Crippen LogP contribution in [0.1, 0.15) is 38.6 Å². The van der Waals surface area contributed by atoms with Crippen LogP contribution in [-0.2, 0) is 6.54 Å². The lowest BCUT2D eigenvalue weighted by Gasteiger charge is -2.16. The number of allylic oxidation sites excluding steroid dienone is 2. The van der Waals surface area contributed by atoms with Crippen molar-refractivity contribution in [3.05, 3.63) is 70.4 Å². The van der Waals surface area contributed by atoms with Crippen molar-refractivity contribution in [2.24, 2.45) is 0 Å². The monoisotopic (exact) mass is 409 g/mol. The fraction of sp³-hybridized carbons (Fsp3) is 0.292. The van der Waals surface area contributed by atoms with Crippen LogP contribution in [0.15, 0.2) is 58.3 Å². The number of aromatic nitrogens is 1. The molecule has 0 amide bonds. The van der Waals surface area contributed by atoms with Crippen molar-refractivity contribution in [3.8, 4) is 5.75 Å².